The first kappa shape index (κ1) is 43.6. The molecule has 3 fully saturated rings. The SMILES string of the molecule is Nc1ncc(-c2cnn(C3CCN(CCCCCCCCN4CC(Nc5cccc6c5C(=O)N([C@@H]5CCC(=O)NC5=O)C6=O)C4)CC3)c2)cc1OCCc1c(Cl)ccc(F)c1Cl. The normalized spacial score (nSPS) is 18.9. The number of fused-ring (bicyclic) bond motifs is 1. The minimum absolute atomic E-state index is 0.00542. The molecule has 17 heteroatoms. The number of nitrogens with one attached hydrogen (secondary N) is 2. The molecule has 2 aromatic carbocycles. The van der Waals surface area contributed by atoms with E-state index in [4.69, 9.17) is 38.8 Å². The number of benzene rings is 2. The van der Waals surface area contributed by atoms with Crippen LogP contribution < -0.4 is 21.1 Å². The number of hydrogen-bond acceptors (Lipinski definition) is 11. The van der Waals surface area contributed by atoms with E-state index in [0.717, 1.165) is 74.6 Å². The number of nitrogens with two attached hydrogens (primary N) is 1. The number of carbonyl (C=O) groups excluding carboxylic acids is 4. The van der Waals surface area contributed by atoms with E-state index < -0.39 is 35.5 Å². The van der Waals surface area contributed by atoms with E-state index in [0.29, 0.717) is 45.6 Å². The molecule has 62 heavy (non-hydrogen) atoms. The second-order valence-corrected chi connectivity index (χ2v) is 17.5. The highest BCUT2D eigenvalue weighted by atomic mass is 35.5. The van der Waals surface area contributed by atoms with E-state index >= 15 is 0 Å². The van der Waals surface area contributed by atoms with Crippen molar-refractivity contribution in [1.29, 1.82) is 0 Å². The third-order valence-electron chi connectivity index (χ3n) is 12.5. The maximum Gasteiger partial charge on any atom is 0.264 e. The highest BCUT2D eigenvalue weighted by Crippen LogP contribution is 2.34. The molecule has 0 bridgehead atoms. The molecular weight excluding hydrogens is 836 g/mol. The molecule has 328 valence electrons. The number of halogens is 3. The second kappa shape index (κ2) is 19.5. The smallest absolute Gasteiger partial charge is 0.264 e. The van der Waals surface area contributed by atoms with E-state index in [9.17, 15) is 23.6 Å². The van der Waals surface area contributed by atoms with E-state index in [1.807, 2.05) is 18.3 Å². The maximum atomic E-state index is 13.9. The topological polar surface area (TPSA) is 168 Å². The molecule has 6 heterocycles. The van der Waals surface area contributed by atoms with Gasteiger partial charge in [0.05, 0.1) is 41.0 Å². The summed E-state index contributed by atoms with van der Waals surface area (Å²) in [5.74, 6) is -1.81. The molecule has 3 saturated heterocycles. The number of piperidine rings is 2. The van der Waals surface area contributed by atoms with Crippen LogP contribution in [0.4, 0.5) is 15.9 Å². The summed E-state index contributed by atoms with van der Waals surface area (Å²) in [7, 11) is 0. The highest BCUT2D eigenvalue weighted by molar-refractivity contribution is 6.36. The van der Waals surface area contributed by atoms with Gasteiger partial charge in [-0.3, -0.25) is 39.0 Å². The zero-order chi connectivity index (χ0) is 43.3. The van der Waals surface area contributed by atoms with Crippen LogP contribution in [-0.4, -0.2) is 111 Å². The Morgan fingerprint density at radius 1 is 0.887 bits per heavy atom. The summed E-state index contributed by atoms with van der Waals surface area (Å²) in [4.78, 5) is 60.9. The monoisotopic (exact) mass is 887 g/mol. The van der Waals surface area contributed by atoms with Crippen LogP contribution in [0.1, 0.15) is 96.5 Å². The zero-order valence-electron chi connectivity index (χ0n) is 34.6. The van der Waals surface area contributed by atoms with Crippen LogP contribution in [0.25, 0.3) is 11.1 Å². The molecule has 0 unspecified atom stereocenters. The van der Waals surface area contributed by atoms with E-state index in [1.54, 1.807) is 18.3 Å². The molecule has 8 rings (SSSR count). The summed E-state index contributed by atoms with van der Waals surface area (Å²) in [5.41, 5.74) is 9.58. The Morgan fingerprint density at radius 2 is 1.63 bits per heavy atom. The van der Waals surface area contributed by atoms with Crippen molar-refractivity contribution in [3.63, 3.8) is 0 Å². The first-order valence-corrected chi connectivity index (χ1v) is 22.4. The van der Waals surface area contributed by atoms with Gasteiger partial charge in [-0.1, -0.05) is 55.0 Å². The van der Waals surface area contributed by atoms with E-state index in [-0.39, 0.29) is 36.3 Å². The summed E-state index contributed by atoms with van der Waals surface area (Å²) in [6, 6.07) is 9.28. The van der Waals surface area contributed by atoms with Gasteiger partial charge in [0.1, 0.15) is 11.9 Å². The van der Waals surface area contributed by atoms with E-state index in [1.165, 1.54) is 44.2 Å². The Labute approximate surface area is 370 Å². The van der Waals surface area contributed by atoms with Crippen molar-refractivity contribution in [1.82, 2.24) is 34.8 Å². The highest BCUT2D eigenvalue weighted by Gasteiger charge is 2.46. The number of pyridine rings is 1. The van der Waals surface area contributed by atoms with Crippen LogP contribution in [0.2, 0.25) is 10.0 Å². The first-order valence-electron chi connectivity index (χ1n) is 21.6. The molecule has 4 aromatic rings. The van der Waals surface area contributed by atoms with Gasteiger partial charge in [-0.15, -0.1) is 0 Å². The van der Waals surface area contributed by atoms with Crippen molar-refractivity contribution in [2.75, 3.05) is 56.9 Å². The summed E-state index contributed by atoms with van der Waals surface area (Å²) < 4.78 is 21.9. The quantitative estimate of drug-likeness (QED) is 0.0548. The van der Waals surface area contributed by atoms with Crippen LogP contribution in [0.3, 0.4) is 0 Å². The van der Waals surface area contributed by atoms with Crippen LogP contribution in [-0.2, 0) is 16.0 Å². The predicted molar refractivity (Wildman–Crippen MR) is 235 cm³/mol. The zero-order valence-corrected chi connectivity index (χ0v) is 36.1. The van der Waals surface area contributed by atoms with Gasteiger partial charge in [-0.05, 0) is 81.1 Å². The molecule has 14 nitrogen and oxygen atoms in total. The molecule has 0 radical (unpaired) electrons. The number of imide groups is 2. The molecular formula is C45H52Cl2FN9O5. The molecule has 2 aromatic heterocycles. The average molecular weight is 889 g/mol. The standard InChI is InChI=1S/C45H52Cl2FN9O5/c46-34-10-11-35(48)41(47)32(34)16-21-62-38-22-28(23-50-42(38)49)29-24-51-56(25-29)31-14-19-54(20-15-31)17-5-3-1-2-4-6-18-55-26-30(27-55)52-36-9-7-8-33-40(36)45(61)57(44(33)60)37-12-13-39(58)53-43(37)59/h7-11,22-25,30-31,37,52H,1-6,12-21,26-27H2,(H2,49,50)(H,53,58,59)/t37-/m1/s1. The lowest BCUT2D eigenvalue weighted by atomic mass is 10.0. The number of unbranched alkanes of at least 4 members (excludes halogenated alkanes) is 5. The Kier molecular flexibility index (Phi) is 13.7. The Bertz CT molecular complexity index is 2310. The molecule has 4 N–H and O–H groups in total. The maximum absolute atomic E-state index is 13.9. The number of hydrogen-bond donors (Lipinski definition) is 3. The van der Waals surface area contributed by atoms with Crippen molar-refractivity contribution in [2.24, 2.45) is 0 Å². The molecule has 4 amide bonds. The number of carbonyl (C=O) groups is 4. The van der Waals surface area contributed by atoms with Crippen molar-refractivity contribution in [3.05, 3.63) is 87.5 Å². The van der Waals surface area contributed by atoms with Crippen LogP contribution in [0.15, 0.2) is 55.0 Å². The summed E-state index contributed by atoms with van der Waals surface area (Å²) in [6.07, 6.45) is 15.5. The third kappa shape index (κ3) is 9.75. The Morgan fingerprint density at radius 3 is 2.39 bits per heavy atom. The number of likely N-dealkylation sites (tertiary alicyclic amines) is 2. The molecule has 4 aliphatic rings. The molecule has 0 spiro atoms. The van der Waals surface area contributed by atoms with Gasteiger partial charge in [0.2, 0.25) is 11.8 Å². The lowest BCUT2D eigenvalue weighted by Crippen LogP contribution is -2.55. The predicted octanol–water partition coefficient (Wildman–Crippen LogP) is 6.77. The Balaban J connectivity index is 0.682. The average Bonchev–Trinajstić information content (AvgIpc) is 3.84. The minimum Gasteiger partial charge on any atom is -0.489 e. The number of nitrogen functional groups attached to an aromatic ring is 1. The summed E-state index contributed by atoms with van der Waals surface area (Å²) in [5, 5.41) is 10.8. The van der Waals surface area contributed by atoms with Crippen LogP contribution >= 0.6 is 23.2 Å². The van der Waals surface area contributed by atoms with Gasteiger partial charge in [0.25, 0.3) is 11.8 Å². The first-order chi connectivity index (χ1) is 30.0. The van der Waals surface area contributed by atoms with Gasteiger partial charge in [-0.2, -0.15) is 5.10 Å². The second-order valence-electron chi connectivity index (χ2n) is 16.7. The van der Waals surface area contributed by atoms with Gasteiger partial charge in [-0.25, -0.2) is 9.37 Å². The largest absolute Gasteiger partial charge is 0.489 e. The van der Waals surface area contributed by atoms with Gasteiger partial charge >= 0.3 is 0 Å². The van der Waals surface area contributed by atoms with Crippen molar-refractivity contribution >= 4 is 58.3 Å². The molecule has 0 aliphatic carbocycles. The number of aromatic nitrogens is 3. The Hall–Kier alpha value is -5.09. The van der Waals surface area contributed by atoms with Gasteiger partial charge in [0.15, 0.2) is 11.6 Å². The number of nitrogens with zero attached hydrogens (tertiary/aromatic N) is 6. The van der Waals surface area contributed by atoms with Gasteiger partial charge in [0, 0.05) is 73.3 Å². The third-order valence-corrected chi connectivity index (χ3v) is 13.2. The lowest BCUT2D eigenvalue weighted by molar-refractivity contribution is -0.136. The number of amides is 4. The lowest BCUT2D eigenvalue weighted by Gasteiger charge is -2.40. The fourth-order valence-corrected chi connectivity index (χ4v) is 9.52. The van der Waals surface area contributed by atoms with Crippen molar-refractivity contribution < 1.29 is 28.3 Å². The van der Waals surface area contributed by atoms with Crippen molar-refractivity contribution in [3.8, 4) is 16.9 Å². The number of ether oxygens (including phenoxy) is 1. The van der Waals surface area contributed by atoms with E-state index in [2.05, 4.69) is 36.3 Å². The fraction of sp³-hybridized carbons (Fsp3) is 0.467. The summed E-state index contributed by atoms with van der Waals surface area (Å²) >= 11 is 12.3. The summed E-state index contributed by atoms with van der Waals surface area (Å²) in [6.45, 7) is 6.19. The van der Waals surface area contributed by atoms with Crippen LogP contribution in [0.5, 0.6) is 5.75 Å². The number of anilines is 2. The minimum atomic E-state index is -0.975. The molecule has 1 atom stereocenters. The number of rotatable bonds is 18. The fourth-order valence-electron chi connectivity index (χ4n) is 8.96. The van der Waals surface area contributed by atoms with Crippen LogP contribution in [0, 0.1) is 5.82 Å². The molecule has 4 aliphatic heterocycles. The van der Waals surface area contributed by atoms with Crippen molar-refractivity contribution in [2.45, 2.75) is 88.8 Å². The molecule has 0 saturated carbocycles. The van der Waals surface area contributed by atoms with Gasteiger partial charge < -0.3 is 20.7 Å².